The molecule has 0 bridgehead atoms. The van der Waals surface area contributed by atoms with Gasteiger partial charge in [0.1, 0.15) is 0 Å². The molecule has 2 aromatic rings. The van der Waals surface area contributed by atoms with Crippen molar-refractivity contribution in [3.63, 3.8) is 0 Å². The van der Waals surface area contributed by atoms with E-state index in [9.17, 15) is 0 Å². The number of aryl methyl sites for hydroxylation is 1. The number of hydrogen-bond donors (Lipinski definition) is 1. The number of halogens is 1. The third-order valence-corrected chi connectivity index (χ3v) is 2.58. The van der Waals surface area contributed by atoms with E-state index in [1.54, 1.807) is 0 Å². The summed E-state index contributed by atoms with van der Waals surface area (Å²) in [6, 6.07) is 7.83. The largest absolute Gasteiger partial charge is 0.378 e. The first-order valence-electron chi connectivity index (χ1n) is 5.28. The smallest absolute Gasteiger partial charge is 0.0729 e. The molecule has 0 saturated heterocycles. The number of nitrogens with zero attached hydrogens (tertiary/aromatic N) is 2. The maximum absolute atomic E-state index is 5.91. The summed E-state index contributed by atoms with van der Waals surface area (Å²) < 4.78 is 1.89. The Balaban J connectivity index is 1.96. The summed E-state index contributed by atoms with van der Waals surface area (Å²) in [5, 5.41) is 8.26. The second-order valence-electron chi connectivity index (χ2n) is 3.57. The lowest BCUT2D eigenvalue weighted by molar-refractivity contribution is 0.660. The van der Waals surface area contributed by atoms with E-state index in [1.807, 2.05) is 41.3 Å². The van der Waals surface area contributed by atoms with Crippen LogP contribution in [0.2, 0.25) is 5.02 Å². The standard InChI is InChI=1S/C12H14ClN3/c1-2-16-9-12(8-15-16)14-7-10-4-3-5-11(13)6-10/h3-6,8-9,14H,2,7H2,1H3. The van der Waals surface area contributed by atoms with Crippen molar-refractivity contribution >= 4 is 17.3 Å². The highest BCUT2D eigenvalue weighted by molar-refractivity contribution is 6.30. The Morgan fingerprint density at radius 2 is 2.31 bits per heavy atom. The first-order chi connectivity index (χ1) is 7.78. The average molecular weight is 236 g/mol. The molecule has 1 N–H and O–H groups in total. The molecule has 0 aliphatic rings. The van der Waals surface area contributed by atoms with E-state index in [0.717, 1.165) is 29.4 Å². The molecule has 0 fully saturated rings. The molecule has 0 aliphatic heterocycles. The van der Waals surface area contributed by atoms with Crippen molar-refractivity contribution < 1.29 is 0 Å². The van der Waals surface area contributed by atoms with Gasteiger partial charge in [0.15, 0.2) is 0 Å². The van der Waals surface area contributed by atoms with E-state index < -0.39 is 0 Å². The Kier molecular flexibility index (Phi) is 3.47. The molecule has 2 rings (SSSR count). The van der Waals surface area contributed by atoms with E-state index in [4.69, 9.17) is 11.6 Å². The molecule has 0 amide bonds. The van der Waals surface area contributed by atoms with Crippen molar-refractivity contribution in [3.8, 4) is 0 Å². The number of benzene rings is 1. The van der Waals surface area contributed by atoms with Gasteiger partial charge in [0.05, 0.1) is 11.9 Å². The van der Waals surface area contributed by atoms with Crippen LogP contribution in [-0.4, -0.2) is 9.78 Å². The molecule has 0 saturated carbocycles. The summed E-state index contributed by atoms with van der Waals surface area (Å²) in [6.07, 6.45) is 3.82. The van der Waals surface area contributed by atoms with Gasteiger partial charge in [-0.3, -0.25) is 4.68 Å². The predicted molar refractivity (Wildman–Crippen MR) is 66.7 cm³/mol. The van der Waals surface area contributed by atoms with Gasteiger partial charge in [-0.2, -0.15) is 5.10 Å². The molecule has 0 aliphatic carbocycles. The van der Waals surface area contributed by atoms with Crippen molar-refractivity contribution in [2.75, 3.05) is 5.32 Å². The van der Waals surface area contributed by atoms with Crippen molar-refractivity contribution in [2.24, 2.45) is 0 Å². The molecular weight excluding hydrogens is 222 g/mol. The van der Waals surface area contributed by atoms with Gasteiger partial charge in [-0.05, 0) is 24.6 Å². The number of aromatic nitrogens is 2. The summed E-state index contributed by atoms with van der Waals surface area (Å²) in [6.45, 7) is 3.71. The fraction of sp³-hybridized carbons (Fsp3) is 0.250. The molecule has 1 heterocycles. The third-order valence-electron chi connectivity index (χ3n) is 2.34. The van der Waals surface area contributed by atoms with Crippen LogP contribution in [0.1, 0.15) is 12.5 Å². The van der Waals surface area contributed by atoms with Gasteiger partial charge < -0.3 is 5.32 Å². The zero-order valence-corrected chi connectivity index (χ0v) is 9.91. The Morgan fingerprint density at radius 1 is 1.44 bits per heavy atom. The van der Waals surface area contributed by atoms with Gasteiger partial charge in [0, 0.05) is 24.3 Å². The number of nitrogens with one attached hydrogen (secondary N) is 1. The second-order valence-corrected chi connectivity index (χ2v) is 4.00. The van der Waals surface area contributed by atoms with Gasteiger partial charge in [-0.25, -0.2) is 0 Å². The number of rotatable bonds is 4. The fourth-order valence-corrected chi connectivity index (χ4v) is 1.69. The quantitative estimate of drug-likeness (QED) is 0.882. The summed E-state index contributed by atoms with van der Waals surface area (Å²) in [7, 11) is 0. The van der Waals surface area contributed by atoms with E-state index in [1.165, 1.54) is 0 Å². The van der Waals surface area contributed by atoms with E-state index in [-0.39, 0.29) is 0 Å². The molecule has 1 aromatic heterocycles. The second kappa shape index (κ2) is 5.03. The van der Waals surface area contributed by atoms with Crippen LogP contribution in [-0.2, 0) is 13.1 Å². The Morgan fingerprint density at radius 3 is 3.00 bits per heavy atom. The van der Waals surface area contributed by atoms with E-state index in [0.29, 0.717) is 0 Å². The van der Waals surface area contributed by atoms with E-state index >= 15 is 0 Å². The first kappa shape index (κ1) is 11.0. The minimum Gasteiger partial charge on any atom is -0.378 e. The summed E-state index contributed by atoms with van der Waals surface area (Å²) in [5.74, 6) is 0. The van der Waals surface area contributed by atoms with Crippen molar-refractivity contribution in [3.05, 3.63) is 47.2 Å². The zero-order chi connectivity index (χ0) is 11.4. The van der Waals surface area contributed by atoms with Crippen LogP contribution in [0.15, 0.2) is 36.7 Å². The number of hydrogen-bond acceptors (Lipinski definition) is 2. The molecule has 1 aromatic carbocycles. The summed E-state index contributed by atoms with van der Waals surface area (Å²) in [5.41, 5.74) is 2.19. The lowest BCUT2D eigenvalue weighted by atomic mass is 10.2. The summed E-state index contributed by atoms with van der Waals surface area (Å²) >= 11 is 5.91. The molecule has 0 atom stereocenters. The van der Waals surface area contributed by atoms with E-state index in [2.05, 4.69) is 17.3 Å². The molecule has 4 heteroatoms. The highest BCUT2D eigenvalue weighted by Gasteiger charge is 1.97. The Hall–Kier alpha value is -1.48. The van der Waals surface area contributed by atoms with Crippen LogP contribution in [0.5, 0.6) is 0 Å². The SMILES string of the molecule is CCn1cc(NCc2cccc(Cl)c2)cn1. The van der Waals surface area contributed by atoms with Crippen LogP contribution in [0.3, 0.4) is 0 Å². The van der Waals surface area contributed by atoms with Crippen molar-refractivity contribution in [2.45, 2.75) is 20.0 Å². The lowest BCUT2D eigenvalue weighted by Gasteiger charge is -2.03. The minimum absolute atomic E-state index is 0.760. The van der Waals surface area contributed by atoms with Crippen LogP contribution in [0, 0.1) is 0 Å². The predicted octanol–water partition coefficient (Wildman–Crippen LogP) is 3.17. The van der Waals surface area contributed by atoms with Gasteiger partial charge in [0.25, 0.3) is 0 Å². The molecule has 0 unspecified atom stereocenters. The van der Waals surface area contributed by atoms with Crippen LogP contribution in [0.4, 0.5) is 5.69 Å². The van der Waals surface area contributed by atoms with Gasteiger partial charge in [-0.15, -0.1) is 0 Å². The van der Waals surface area contributed by atoms with Crippen LogP contribution >= 0.6 is 11.6 Å². The Labute approximate surface area is 100 Å². The van der Waals surface area contributed by atoms with Crippen LogP contribution < -0.4 is 5.32 Å². The normalized spacial score (nSPS) is 10.4. The van der Waals surface area contributed by atoms with Crippen molar-refractivity contribution in [1.29, 1.82) is 0 Å². The first-order valence-corrected chi connectivity index (χ1v) is 5.66. The molecule has 84 valence electrons. The summed E-state index contributed by atoms with van der Waals surface area (Å²) in [4.78, 5) is 0. The third kappa shape index (κ3) is 2.76. The molecule has 0 radical (unpaired) electrons. The maximum Gasteiger partial charge on any atom is 0.0729 e. The minimum atomic E-state index is 0.760. The monoisotopic (exact) mass is 235 g/mol. The molecule has 3 nitrogen and oxygen atoms in total. The zero-order valence-electron chi connectivity index (χ0n) is 9.15. The molecule has 16 heavy (non-hydrogen) atoms. The maximum atomic E-state index is 5.91. The molecule has 0 spiro atoms. The van der Waals surface area contributed by atoms with Crippen molar-refractivity contribution in [1.82, 2.24) is 9.78 Å². The van der Waals surface area contributed by atoms with Gasteiger partial charge >= 0.3 is 0 Å². The van der Waals surface area contributed by atoms with Gasteiger partial charge in [-0.1, -0.05) is 23.7 Å². The average Bonchev–Trinajstić information content (AvgIpc) is 2.74. The lowest BCUT2D eigenvalue weighted by Crippen LogP contribution is -1.98. The topological polar surface area (TPSA) is 29.9 Å². The fourth-order valence-electron chi connectivity index (χ4n) is 1.48. The highest BCUT2D eigenvalue weighted by atomic mass is 35.5. The Bertz CT molecular complexity index is 465. The van der Waals surface area contributed by atoms with Gasteiger partial charge in [0.2, 0.25) is 0 Å². The highest BCUT2D eigenvalue weighted by Crippen LogP contribution is 2.12. The van der Waals surface area contributed by atoms with Crippen LogP contribution in [0.25, 0.3) is 0 Å². The number of anilines is 1. The molecular formula is C12H14ClN3.